The maximum absolute atomic E-state index is 2.26. The van der Waals surface area contributed by atoms with E-state index in [1.54, 1.807) is 0 Å². The standard InChI is InChI=1S/C11H16.C6H6.C3H8.C2H6/c1-7-6-8(2)10(4)11(5)9(7)3;1-2-4-6-5-3-1;1-3-2;1-2/h6H,1-5H3;1-6H;3H2,1-2H3;1-2H3. The Bertz CT molecular complexity index is 428. The highest BCUT2D eigenvalue weighted by Crippen LogP contribution is 2.19. The largest absolute Gasteiger partial charge is 0.0683 e. The Morgan fingerprint density at radius 3 is 1.00 bits per heavy atom. The van der Waals surface area contributed by atoms with Crippen LogP contribution in [-0.2, 0) is 0 Å². The molecule has 0 saturated carbocycles. The summed E-state index contributed by atoms with van der Waals surface area (Å²) in [6.45, 7) is 19.2. The van der Waals surface area contributed by atoms with Gasteiger partial charge in [-0.3, -0.25) is 0 Å². The second-order valence-corrected chi connectivity index (χ2v) is 5.25. The van der Waals surface area contributed by atoms with Crippen molar-refractivity contribution in [2.75, 3.05) is 0 Å². The monoisotopic (exact) mass is 300 g/mol. The summed E-state index contributed by atoms with van der Waals surface area (Å²) in [6, 6.07) is 14.3. The molecule has 0 N–H and O–H groups in total. The molecule has 2 rings (SSSR count). The molecule has 0 fully saturated rings. The van der Waals surface area contributed by atoms with Crippen LogP contribution in [0.1, 0.15) is 61.9 Å². The van der Waals surface area contributed by atoms with E-state index in [1.807, 2.05) is 50.2 Å². The van der Waals surface area contributed by atoms with Crippen LogP contribution in [-0.4, -0.2) is 0 Å². The quantitative estimate of drug-likeness (QED) is 0.477. The van der Waals surface area contributed by atoms with Crippen molar-refractivity contribution in [2.24, 2.45) is 0 Å². The molecule has 0 aliphatic rings. The molecule has 0 spiro atoms. The molecule has 0 amide bonds. The van der Waals surface area contributed by atoms with Crippen LogP contribution in [0.25, 0.3) is 0 Å². The molecular formula is C22H36. The highest BCUT2D eigenvalue weighted by atomic mass is 14.1. The second kappa shape index (κ2) is 14.4. The van der Waals surface area contributed by atoms with Gasteiger partial charge in [0.1, 0.15) is 0 Å². The molecule has 0 bridgehead atoms. The number of hydrogen-bond acceptors (Lipinski definition) is 0. The Morgan fingerprint density at radius 1 is 0.545 bits per heavy atom. The molecule has 0 saturated heterocycles. The summed E-state index contributed by atoms with van der Waals surface area (Å²) in [5.41, 5.74) is 7.14. The minimum absolute atomic E-state index is 1.25. The van der Waals surface area contributed by atoms with E-state index < -0.39 is 0 Å². The summed E-state index contributed by atoms with van der Waals surface area (Å²) in [7, 11) is 0. The first-order valence-electron chi connectivity index (χ1n) is 8.49. The van der Waals surface area contributed by atoms with Gasteiger partial charge in [-0.15, -0.1) is 0 Å². The number of aryl methyl sites for hydroxylation is 2. The van der Waals surface area contributed by atoms with E-state index in [2.05, 4.69) is 54.5 Å². The van der Waals surface area contributed by atoms with Crippen LogP contribution in [0.15, 0.2) is 42.5 Å². The smallest absolute Gasteiger partial charge is 0.0392 e. The first-order valence-corrected chi connectivity index (χ1v) is 8.49. The third kappa shape index (κ3) is 9.39. The lowest BCUT2D eigenvalue weighted by molar-refractivity contribution is 1.09. The topological polar surface area (TPSA) is 0 Å². The van der Waals surface area contributed by atoms with Crippen molar-refractivity contribution >= 4 is 0 Å². The van der Waals surface area contributed by atoms with Gasteiger partial charge < -0.3 is 0 Å². The average molecular weight is 301 g/mol. The van der Waals surface area contributed by atoms with Crippen molar-refractivity contribution in [1.82, 2.24) is 0 Å². The van der Waals surface area contributed by atoms with E-state index in [-0.39, 0.29) is 0 Å². The molecule has 0 heteroatoms. The second-order valence-electron chi connectivity index (χ2n) is 5.25. The number of benzene rings is 2. The third-order valence-corrected chi connectivity index (χ3v) is 3.41. The van der Waals surface area contributed by atoms with Crippen molar-refractivity contribution < 1.29 is 0 Å². The zero-order valence-electron chi connectivity index (χ0n) is 16.2. The van der Waals surface area contributed by atoms with E-state index >= 15 is 0 Å². The van der Waals surface area contributed by atoms with Gasteiger partial charge in [0, 0.05) is 0 Å². The maximum atomic E-state index is 2.26. The summed E-state index contributed by atoms with van der Waals surface area (Å²) >= 11 is 0. The molecule has 0 aliphatic carbocycles. The lowest BCUT2D eigenvalue weighted by atomic mass is 9.96. The minimum atomic E-state index is 1.25. The fourth-order valence-corrected chi connectivity index (χ4v) is 1.80. The molecule has 0 aromatic heterocycles. The van der Waals surface area contributed by atoms with Crippen LogP contribution in [0.4, 0.5) is 0 Å². The molecule has 124 valence electrons. The molecule has 2 aromatic carbocycles. The SMILES string of the molecule is CC.CCC.Cc1cc(C)c(C)c(C)c1C.c1ccccc1. The molecule has 0 heterocycles. The summed E-state index contributed by atoms with van der Waals surface area (Å²) in [5.74, 6) is 0. The zero-order chi connectivity index (χ0) is 17.5. The Hall–Kier alpha value is -1.56. The summed E-state index contributed by atoms with van der Waals surface area (Å²) in [4.78, 5) is 0. The van der Waals surface area contributed by atoms with Crippen molar-refractivity contribution in [3.05, 3.63) is 70.3 Å². The molecule has 0 nitrogen and oxygen atoms in total. The van der Waals surface area contributed by atoms with Gasteiger partial charge in [-0.1, -0.05) is 76.6 Å². The van der Waals surface area contributed by atoms with Gasteiger partial charge in [0.25, 0.3) is 0 Å². The first kappa shape index (κ1) is 22.7. The van der Waals surface area contributed by atoms with Crippen LogP contribution >= 0.6 is 0 Å². The van der Waals surface area contributed by atoms with Crippen molar-refractivity contribution in [3.8, 4) is 0 Å². The van der Waals surface area contributed by atoms with Crippen LogP contribution in [0.2, 0.25) is 0 Å². The zero-order valence-corrected chi connectivity index (χ0v) is 16.2. The number of rotatable bonds is 0. The average Bonchev–Trinajstić information content (AvgIpc) is 2.56. The third-order valence-electron chi connectivity index (χ3n) is 3.41. The number of hydrogen-bond donors (Lipinski definition) is 0. The molecule has 0 atom stereocenters. The first-order chi connectivity index (χ1) is 10.5. The summed E-state index contributed by atoms with van der Waals surface area (Å²) in [6.07, 6.45) is 1.25. The van der Waals surface area contributed by atoms with Gasteiger partial charge in [0.05, 0.1) is 0 Å². The van der Waals surface area contributed by atoms with Gasteiger partial charge in [0.15, 0.2) is 0 Å². The van der Waals surface area contributed by atoms with Crippen LogP contribution in [0.5, 0.6) is 0 Å². The fraction of sp³-hybridized carbons (Fsp3) is 0.455. The van der Waals surface area contributed by atoms with Gasteiger partial charge in [-0.25, -0.2) is 0 Å². The minimum Gasteiger partial charge on any atom is -0.0683 e. The normalized spacial score (nSPS) is 8.41. The van der Waals surface area contributed by atoms with E-state index in [4.69, 9.17) is 0 Å². The molecule has 0 aliphatic heterocycles. The summed E-state index contributed by atoms with van der Waals surface area (Å²) < 4.78 is 0. The van der Waals surface area contributed by atoms with Crippen LogP contribution in [0, 0.1) is 34.6 Å². The van der Waals surface area contributed by atoms with Crippen LogP contribution < -0.4 is 0 Å². The Balaban J connectivity index is 0. The molecule has 2 aromatic rings. The lowest BCUT2D eigenvalue weighted by Crippen LogP contribution is -1.93. The highest BCUT2D eigenvalue weighted by Gasteiger charge is 2.02. The Morgan fingerprint density at radius 2 is 0.773 bits per heavy atom. The van der Waals surface area contributed by atoms with Crippen molar-refractivity contribution in [1.29, 1.82) is 0 Å². The van der Waals surface area contributed by atoms with E-state index in [0.717, 1.165) is 0 Å². The van der Waals surface area contributed by atoms with E-state index in [0.29, 0.717) is 0 Å². The van der Waals surface area contributed by atoms with Gasteiger partial charge in [-0.05, 0) is 62.4 Å². The van der Waals surface area contributed by atoms with Crippen molar-refractivity contribution in [3.63, 3.8) is 0 Å². The van der Waals surface area contributed by atoms with Gasteiger partial charge >= 0.3 is 0 Å². The molecular weight excluding hydrogens is 264 g/mol. The van der Waals surface area contributed by atoms with Crippen molar-refractivity contribution in [2.45, 2.75) is 68.7 Å². The molecule has 22 heavy (non-hydrogen) atoms. The van der Waals surface area contributed by atoms with E-state index in [9.17, 15) is 0 Å². The lowest BCUT2D eigenvalue weighted by Gasteiger charge is -2.10. The summed E-state index contributed by atoms with van der Waals surface area (Å²) in [5, 5.41) is 0. The molecule has 0 unspecified atom stereocenters. The fourth-order valence-electron chi connectivity index (χ4n) is 1.80. The Labute approximate surface area is 139 Å². The van der Waals surface area contributed by atoms with Gasteiger partial charge in [-0.2, -0.15) is 0 Å². The predicted octanol–water partition coefficient (Wildman–Crippen LogP) is 7.36. The molecule has 0 radical (unpaired) electrons. The van der Waals surface area contributed by atoms with E-state index in [1.165, 1.54) is 34.2 Å². The van der Waals surface area contributed by atoms with Gasteiger partial charge in [0.2, 0.25) is 0 Å². The Kier molecular flexibility index (Phi) is 14.8. The van der Waals surface area contributed by atoms with Crippen LogP contribution in [0.3, 0.4) is 0 Å². The predicted molar refractivity (Wildman–Crippen MR) is 104 cm³/mol. The maximum Gasteiger partial charge on any atom is -0.0392 e. The highest BCUT2D eigenvalue weighted by molar-refractivity contribution is 5.42.